The van der Waals surface area contributed by atoms with E-state index < -0.39 is 10.0 Å². The number of hydrogen-bond acceptors (Lipinski definition) is 4. The first-order valence-corrected chi connectivity index (χ1v) is 10.3. The van der Waals surface area contributed by atoms with E-state index in [2.05, 4.69) is 4.72 Å². The van der Waals surface area contributed by atoms with Gasteiger partial charge >= 0.3 is 0 Å². The molecule has 1 N–H and O–H groups in total. The van der Waals surface area contributed by atoms with Gasteiger partial charge < -0.3 is 9.47 Å². The van der Waals surface area contributed by atoms with Gasteiger partial charge in [0.05, 0.1) is 18.6 Å². The third-order valence-electron chi connectivity index (χ3n) is 4.26. The van der Waals surface area contributed by atoms with E-state index in [9.17, 15) is 8.42 Å². The van der Waals surface area contributed by atoms with Gasteiger partial charge in [0.1, 0.15) is 0 Å². The van der Waals surface area contributed by atoms with Crippen LogP contribution in [0.5, 0.6) is 11.5 Å². The molecule has 3 aromatic carbocycles. The monoisotopic (exact) mass is 385 g/mol. The molecule has 6 heteroatoms. The number of sulfonamides is 1. The lowest BCUT2D eigenvalue weighted by molar-refractivity contribution is 0.310. The molecule has 0 aliphatic carbocycles. The fourth-order valence-electron chi connectivity index (χ4n) is 2.89. The van der Waals surface area contributed by atoms with E-state index in [-0.39, 0.29) is 4.90 Å². The minimum Gasteiger partial charge on any atom is -0.493 e. The van der Waals surface area contributed by atoms with Crippen LogP contribution in [0.1, 0.15) is 12.5 Å². The summed E-state index contributed by atoms with van der Waals surface area (Å²) < 4.78 is 38.6. The maximum Gasteiger partial charge on any atom is 0.240 e. The van der Waals surface area contributed by atoms with Gasteiger partial charge in [0.2, 0.25) is 10.0 Å². The molecular weight excluding hydrogens is 362 g/mol. The fraction of sp³-hybridized carbons (Fsp3) is 0.238. The molecule has 27 heavy (non-hydrogen) atoms. The molecule has 0 radical (unpaired) electrons. The van der Waals surface area contributed by atoms with Crippen molar-refractivity contribution in [2.75, 3.05) is 20.3 Å². The average Bonchev–Trinajstić information content (AvgIpc) is 2.68. The first kappa shape index (κ1) is 19.2. The van der Waals surface area contributed by atoms with Gasteiger partial charge in [0.15, 0.2) is 11.5 Å². The molecule has 142 valence electrons. The number of hydrogen-bond donors (Lipinski definition) is 1. The molecule has 0 heterocycles. The van der Waals surface area contributed by atoms with Gasteiger partial charge in [-0.25, -0.2) is 13.1 Å². The molecule has 0 amide bonds. The summed E-state index contributed by atoms with van der Waals surface area (Å²) in [5, 5.41) is 1.91. The quantitative estimate of drug-likeness (QED) is 0.641. The predicted molar refractivity (Wildman–Crippen MR) is 107 cm³/mol. The highest BCUT2D eigenvalue weighted by Crippen LogP contribution is 2.28. The number of rotatable bonds is 8. The Morgan fingerprint density at radius 1 is 0.926 bits per heavy atom. The molecule has 0 aromatic heterocycles. The van der Waals surface area contributed by atoms with Gasteiger partial charge in [0.25, 0.3) is 0 Å². The summed E-state index contributed by atoms with van der Waals surface area (Å²) in [6.45, 7) is 2.77. The highest BCUT2D eigenvalue weighted by Gasteiger charge is 2.14. The summed E-state index contributed by atoms with van der Waals surface area (Å²) in [5.41, 5.74) is 0.969. The first-order valence-electron chi connectivity index (χ1n) is 8.81. The largest absolute Gasteiger partial charge is 0.493 e. The van der Waals surface area contributed by atoms with E-state index in [1.807, 2.05) is 55.5 Å². The standard InChI is InChI=1S/C21H23NO4S/c1-3-26-20-11-8-16(14-21(20)25-2)12-13-22-27(23,24)19-10-9-17-6-4-5-7-18(17)15-19/h4-11,14-15,22H,3,12-13H2,1-2H3. The van der Waals surface area contributed by atoms with E-state index in [1.54, 1.807) is 19.2 Å². The Kier molecular flexibility index (Phi) is 5.98. The van der Waals surface area contributed by atoms with Crippen LogP contribution in [0.2, 0.25) is 0 Å². The Morgan fingerprint density at radius 3 is 2.44 bits per heavy atom. The molecule has 0 saturated carbocycles. The third-order valence-corrected chi connectivity index (χ3v) is 5.72. The minimum absolute atomic E-state index is 0.269. The molecule has 0 spiro atoms. The Bertz CT molecular complexity index is 1030. The van der Waals surface area contributed by atoms with Crippen LogP contribution < -0.4 is 14.2 Å². The van der Waals surface area contributed by atoms with E-state index in [4.69, 9.17) is 9.47 Å². The molecule has 0 unspecified atom stereocenters. The van der Waals surface area contributed by atoms with Gasteiger partial charge in [-0.15, -0.1) is 0 Å². The van der Waals surface area contributed by atoms with Crippen molar-refractivity contribution in [2.45, 2.75) is 18.2 Å². The van der Waals surface area contributed by atoms with Crippen molar-refractivity contribution >= 4 is 20.8 Å². The van der Waals surface area contributed by atoms with Crippen LogP contribution in [-0.2, 0) is 16.4 Å². The van der Waals surface area contributed by atoms with Crippen molar-refractivity contribution in [3.05, 3.63) is 66.2 Å². The molecule has 0 atom stereocenters. The molecule has 0 bridgehead atoms. The van der Waals surface area contributed by atoms with E-state index >= 15 is 0 Å². The molecule has 0 fully saturated rings. The Hall–Kier alpha value is -2.57. The highest BCUT2D eigenvalue weighted by atomic mass is 32.2. The smallest absolute Gasteiger partial charge is 0.240 e. The Balaban J connectivity index is 1.68. The summed E-state index contributed by atoms with van der Waals surface area (Å²) in [6.07, 6.45) is 0.551. The zero-order valence-corrected chi connectivity index (χ0v) is 16.3. The van der Waals surface area contributed by atoms with Crippen molar-refractivity contribution in [1.82, 2.24) is 4.72 Å². The number of nitrogens with one attached hydrogen (secondary N) is 1. The van der Waals surface area contributed by atoms with Crippen molar-refractivity contribution < 1.29 is 17.9 Å². The van der Waals surface area contributed by atoms with Crippen LogP contribution in [0.15, 0.2) is 65.6 Å². The maximum atomic E-state index is 12.6. The van der Waals surface area contributed by atoms with Crippen molar-refractivity contribution in [3.8, 4) is 11.5 Å². The summed E-state index contributed by atoms with van der Waals surface area (Å²) in [6, 6.07) is 18.5. The number of fused-ring (bicyclic) bond motifs is 1. The summed E-state index contributed by atoms with van der Waals surface area (Å²) in [7, 11) is -1.97. The molecule has 0 aliphatic rings. The lowest BCUT2D eigenvalue weighted by Crippen LogP contribution is -2.26. The highest BCUT2D eigenvalue weighted by molar-refractivity contribution is 7.89. The average molecular weight is 385 g/mol. The summed E-state index contributed by atoms with van der Waals surface area (Å²) >= 11 is 0. The molecule has 3 rings (SSSR count). The summed E-state index contributed by atoms with van der Waals surface area (Å²) in [4.78, 5) is 0.269. The van der Waals surface area contributed by atoms with Gasteiger partial charge in [-0.1, -0.05) is 36.4 Å². The van der Waals surface area contributed by atoms with Crippen LogP contribution in [0.4, 0.5) is 0 Å². The van der Waals surface area contributed by atoms with Gasteiger partial charge in [-0.3, -0.25) is 0 Å². The second-order valence-electron chi connectivity index (χ2n) is 6.07. The number of ether oxygens (including phenoxy) is 2. The van der Waals surface area contributed by atoms with Gasteiger partial charge in [-0.2, -0.15) is 0 Å². The molecule has 0 aliphatic heterocycles. The Labute approximate surface area is 160 Å². The van der Waals surface area contributed by atoms with Crippen LogP contribution in [0, 0.1) is 0 Å². The fourth-order valence-corrected chi connectivity index (χ4v) is 3.96. The number of benzene rings is 3. The third kappa shape index (κ3) is 4.59. The molecule has 5 nitrogen and oxygen atoms in total. The second kappa shape index (κ2) is 8.41. The van der Waals surface area contributed by atoms with Crippen molar-refractivity contribution in [1.29, 1.82) is 0 Å². The van der Waals surface area contributed by atoms with Crippen LogP contribution in [-0.4, -0.2) is 28.7 Å². The van der Waals surface area contributed by atoms with Gasteiger partial charge in [0, 0.05) is 6.54 Å². The Morgan fingerprint density at radius 2 is 1.70 bits per heavy atom. The molecular formula is C21H23NO4S. The van der Waals surface area contributed by atoms with Crippen LogP contribution >= 0.6 is 0 Å². The number of methoxy groups -OCH3 is 1. The molecule has 3 aromatic rings. The normalized spacial score (nSPS) is 11.5. The lowest BCUT2D eigenvalue weighted by atomic mass is 10.1. The zero-order chi connectivity index (χ0) is 19.3. The van der Waals surface area contributed by atoms with Crippen LogP contribution in [0.3, 0.4) is 0 Å². The maximum absolute atomic E-state index is 12.6. The lowest BCUT2D eigenvalue weighted by Gasteiger charge is -2.11. The van der Waals surface area contributed by atoms with Crippen molar-refractivity contribution in [3.63, 3.8) is 0 Å². The zero-order valence-electron chi connectivity index (χ0n) is 15.4. The van der Waals surface area contributed by atoms with Crippen molar-refractivity contribution in [2.24, 2.45) is 0 Å². The van der Waals surface area contributed by atoms with Gasteiger partial charge in [-0.05, 0) is 53.9 Å². The van der Waals surface area contributed by atoms with E-state index in [1.165, 1.54) is 0 Å². The predicted octanol–water partition coefficient (Wildman–Crippen LogP) is 3.77. The topological polar surface area (TPSA) is 64.6 Å². The first-order chi connectivity index (χ1) is 13.0. The minimum atomic E-state index is -3.56. The van der Waals surface area contributed by atoms with E-state index in [0.717, 1.165) is 16.3 Å². The summed E-state index contributed by atoms with van der Waals surface area (Å²) in [5.74, 6) is 1.33. The second-order valence-corrected chi connectivity index (χ2v) is 7.84. The van der Waals surface area contributed by atoms with Crippen LogP contribution in [0.25, 0.3) is 10.8 Å². The van der Waals surface area contributed by atoms with E-state index in [0.29, 0.717) is 31.1 Å². The SMILES string of the molecule is CCOc1ccc(CCNS(=O)(=O)c2ccc3ccccc3c2)cc1OC. The molecule has 0 saturated heterocycles.